The van der Waals surface area contributed by atoms with Crippen LogP contribution >= 0.6 is 11.3 Å². The zero-order valence-corrected chi connectivity index (χ0v) is 14.3. The molecular formula is C17H23N3O2S. The van der Waals surface area contributed by atoms with Crippen LogP contribution in [0, 0.1) is 6.92 Å². The van der Waals surface area contributed by atoms with Crippen LogP contribution in [0.4, 0.5) is 5.82 Å². The normalized spacial score (nSPS) is 14.0. The third kappa shape index (κ3) is 3.80. The van der Waals surface area contributed by atoms with Crippen molar-refractivity contribution >= 4 is 33.3 Å². The Morgan fingerprint density at radius 2 is 2.04 bits per heavy atom. The van der Waals surface area contributed by atoms with E-state index in [0.717, 1.165) is 48.7 Å². The van der Waals surface area contributed by atoms with Crippen LogP contribution in [0.15, 0.2) is 0 Å². The van der Waals surface area contributed by atoms with Crippen LogP contribution in [-0.4, -0.2) is 27.6 Å². The van der Waals surface area contributed by atoms with Gasteiger partial charge in [-0.3, -0.25) is 4.79 Å². The smallest absolute Gasteiger partial charge is 0.303 e. The number of nitrogens with one attached hydrogen (secondary N) is 1. The van der Waals surface area contributed by atoms with E-state index in [9.17, 15) is 4.79 Å². The minimum absolute atomic E-state index is 0.259. The van der Waals surface area contributed by atoms with Crippen molar-refractivity contribution in [1.82, 2.24) is 9.97 Å². The molecule has 124 valence electrons. The van der Waals surface area contributed by atoms with E-state index in [1.807, 2.05) is 18.3 Å². The van der Waals surface area contributed by atoms with E-state index in [1.165, 1.54) is 35.1 Å². The molecule has 1 aliphatic carbocycles. The first-order chi connectivity index (χ1) is 11.1. The molecule has 0 aromatic carbocycles. The summed E-state index contributed by atoms with van der Waals surface area (Å²) in [6.45, 7) is 2.77. The number of hydrogen-bond acceptors (Lipinski definition) is 5. The van der Waals surface area contributed by atoms with Gasteiger partial charge in [-0.2, -0.15) is 0 Å². The highest BCUT2D eigenvalue weighted by atomic mass is 32.1. The summed E-state index contributed by atoms with van der Waals surface area (Å²) in [5.41, 5.74) is 1.45. The second-order valence-corrected chi connectivity index (χ2v) is 7.23. The van der Waals surface area contributed by atoms with Gasteiger partial charge in [-0.1, -0.05) is 6.42 Å². The van der Waals surface area contributed by atoms with Crippen LogP contribution in [0.3, 0.4) is 0 Å². The Labute approximate surface area is 140 Å². The number of carboxylic acids is 1. The lowest BCUT2D eigenvalue weighted by Crippen LogP contribution is -2.07. The fourth-order valence-corrected chi connectivity index (χ4v) is 4.48. The van der Waals surface area contributed by atoms with Crippen LogP contribution in [0.1, 0.15) is 54.8 Å². The standard InChI is InChI=1S/C17H23N3O2S/c1-11-19-16(18-10-6-2-3-9-14(21)22)15-12-7-4-5-8-13(12)23-17(15)20-11/h2-10H2,1H3,(H,21,22)(H,18,19,20). The number of rotatable bonds is 7. The number of aromatic nitrogens is 2. The lowest BCUT2D eigenvalue weighted by Gasteiger charge is -2.13. The molecule has 3 rings (SSSR count). The maximum atomic E-state index is 10.5. The van der Waals surface area contributed by atoms with E-state index in [1.54, 1.807) is 0 Å². The predicted molar refractivity (Wildman–Crippen MR) is 93.4 cm³/mol. The van der Waals surface area contributed by atoms with E-state index < -0.39 is 5.97 Å². The van der Waals surface area contributed by atoms with E-state index >= 15 is 0 Å². The molecule has 0 atom stereocenters. The summed E-state index contributed by atoms with van der Waals surface area (Å²) in [6, 6.07) is 0. The largest absolute Gasteiger partial charge is 0.481 e. The average molecular weight is 333 g/mol. The van der Waals surface area contributed by atoms with E-state index in [0.29, 0.717) is 0 Å². The molecular weight excluding hydrogens is 310 g/mol. The lowest BCUT2D eigenvalue weighted by molar-refractivity contribution is -0.137. The molecule has 0 spiro atoms. The van der Waals surface area contributed by atoms with Gasteiger partial charge in [-0.15, -0.1) is 11.3 Å². The molecule has 2 aromatic heterocycles. The minimum Gasteiger partial charge on any atom is -0.481 e. The Kier molecular flexibility index (Phi) is 5.10. The predicted octanol–water partition coefficient (Wildman–Crippen LogP) is 3.94. The van der Waals surface area contributed by atoms with Crippen molar-refractivity contribution in [3.63, 3.8) is 0 Å². The molecule has 0 radical (unpaired) electrons. The summed E-state index contributed by atoms with van der Waals surface area (Å²) in [5.74, 6) is 1.06. The number of nitrogens with zero attached hydrogens (tertiary/aromatic N) is 2. The SMILES string of the molecule is Cc1nc(NCCCCCC(=O)O)c2c3c(sc2n1)CCCC3. The van der Waals surface area contributed by atoms with Crippen LogP contribution in [-0.2, 0) is 17.6 Å². The van der Waals surface area contributed by atoms with Gasteiger partial charge >= 0.3 is 5.97 Å². The third-order valence-corrected chi connectivity index (χ3v) is 5.47. The molecule has 2 heterocycles. The third-order valence-electron chi connectivity index (χ3n) is 4.29. The number of unbranched alkanes of at least 4 members (excludes halogenated alkanes) is 2. The second kappa shape index (κ2) is 7.25. The molecule has 0 fully saturated rings. The lowest BCUT2D eigenvalue weighted by atomic mass is 9.97. The molecule has 0 unspecified atom stereocenters. The van der Waals surface area contributed by atoms with Gasteiger partial charge in [0.15, 0.2) is 0 Å². The summed E-state index contributed by atoms with van der Waals surface area (Å²) in [5, 5.41) is 13.3. The van der Waals surface area contributed by atoms with Crippen molar-refractivity contribution in [2.75, 3.05) is 11.9 Å². The van der Waals surface area contributed by atoms with Crippen molar-refractivity contribution in [3.05, 3.63) is 16.3 Å². The Hall–Kier alpha value is -1.69. The molecule has 0 saturated carbocycles. The Balaban J connectivity index is 1.70. The van der Waals surface area contributed by atoms with Crippen molar-refractivity contribution in [1.29, 1.82) is 0 Å². The number of aliphatic carboxylic acids is 1. The van der Waals surface area contributed by atoms with E-state index in [4.69, 9.17) is 5.11 Å². The molecule has 6 heteroatoms. The molecule has 23 heavy (non-hydrogen) atoms. The van der Waals surface area contributed by atoms with Gasteiger partial charge in [0.2, 0.25) is 0 Å². The molecule has 1 aliphatic rings. The highest BCUT2D eigenvalue weighted by molar-refractivity contribution is 7.19. The number of hydrogen-bond donors (Lipinski definition) is 2. The van der Waals surface area contributed by atoms with Crippen molar-refractivity contribution < 1.29 is 9.90 Å². The number of aryl methyl sites for hydroxylation is 3. The first-order valence-electron chi connectivity index (χ1n) is 8.39. The summed E-state index contributed by atoms with van der Waals surface area (Å²) in [6.07, 6.45) is 7.72. The van der Waals surface area contributed by atoms with Crippen LogP contribution in [0.5, 0.6) is 0 Å². The second-order valence-electron chi connectivity index (χ2n) is 6.14. The molecule has 0 bridgehead atoms. The van der Waals surface area contributed by atoms with Gasteiger partial charge in [-0.25, -0.2) is 9.97 Å². The topological polar surface area (TPSA) is 75.1 Å². The van der Waals surface area contributed by atoms with Crippen LogP contribution < -0.4 is 5.32 Å². The first-order valence-corrected chi connectivity index (χ1v) is 9.21. The van der Waals surface area contributed by atoms with Gasteiger partial charge in [0.05, 0.1) is 5.39 Å². The van der Waals surface area contributed by atoms with Gasteiger partial charge in [-0.05, 0) is 51.0 Å². The Morgan fingerprint density at radius 3 is 2.87 bits per heavy atom. The van der Waals surface area contributed by atoms with E-state index in [-0.39, 0.29) is 6.42 Å². The molecule has 0 aliphatic heterocycles. The fourth-order valence-electron chi connectivity index (χ4n) is 3.18. The van der Waals surface area contributed by atoms with Gasteiger partial charge in [0.25, 0.3) is 0 Å². The molecule has 0 saturated heterocycles. The number of carboxylic acid groups (broad SMARTS) is 1. The number of carbonyl (C=O) groups is 1. The van der Waals surface area contributed by atoms with Crippen molar-refractivity contribution in [2.24, 2.45) is 0 Å². The average Bonchev–Trinajstić information content (AvgIpc) is 2.88. The van der Waals surface area contributed by atoms with Gasteiger partial charge in [0.1, 0.15) is 16.5 Å². The van der Waals surface area contributed by atoms with Gasteiger partial charge in [0, 0.05) is 17.8 Å². The monoisotopic (exact) mass is 333 g/mol. The fraction of sp³-hybridized carbons (Fsp3) is 0.588. The van der Waals surface area contributed by atoms with Crippen molar-refractivity contribution in [3.8, 4) is 0 Å². The Morgan fingerprint density at radius 1 is 1.22 bits per heavy atom. The van der Waals surface area contributed by atoms with Crippen molar-refractivity contribution in [2.45, 2.75) is 58.3 Å². The summed E-state index contributed by atoms with van der Waals surface area (Å²) in [4.78, 5) is 22.3. The van der Waals surface area contributed by atoms with E-state index in [2.05, 4.69) is 15.3 Å². The summed E-state index contributed by atoms with van der Waals surface area (Å²) in [7, 11) is 0. The highest BCUT2D eigenvalue weighted by Crippen LogP contribution is 2.38. The van der Waals surface area contributed by atoms with Crippen LogP contribution in [0.2, 0.25) is 0 Å². The number of thiophene rings is 1. The highest BCUT2D eigenvalue weighted by Gasteiger charge is 2.20. The molecule has 0 amide bonds. The van der Waals surface area contributed by atoms with Crippen LogP contribution in [0.25, 0.3) is 10.2 Å². The maximum Gasteiger partial charge on any atom is 0.303 e. The maximum absolute atomic E-state index is 10.5. The zero-order chi connectivity index (χ0) is 16.2. The minimum atomic E-state index is -0.712. The molecule has 2 N–H and O–H groups in total. The first kappa shape index (κ1) is 16.2. The number of fused-ring (bicyclic) bond motifs is 3. The summed E-state index contributed by atoms with van der Waals surface area (Å²) >= 11 is 1.82. The quantitative estimate of drug-likeness (QED) is 0.751. The zero-order valence-electron chi connectivity index (χ0n) is 13.5. The number of anilines is 1. The summed E-state index contributed by atoms with van der Waals surface area (Å²) < 4.78 is 0. The molecule has 2 aromatic rings. The Bertz CT molecular complexity index is 711. The molecule has 5 nitrogen and oxygen atoms in total. The van der Waals surface area contributed by atoms with Gasteiger partial charge < -0.3 is 10.4 Å².